The smallest absolute Gasteiger partial charge is 0.312 e. The first-order valence-electron chi connectivity index (χ1n) is 10.8. The highest BCUT2D eigenvalue weighted by Gasteiger charge is 2.35. The average Bonchev–Trinajstić information content (AvgIpc) is 2.87. The van der Waals surface area contributed by atoms with Crippen LogP contribution in [-0.4, -0.2) is 32.4 Å². The largest absolute Gasteiger partial charge is 0.507 e. The SMILES string of the molecule is COc1ccc([C@@H]2CC(=O)Oc3cc(O)c4c(=O)c(-c5ccccc5OC)coc4c32)c(OC)c1. The van der Waals surface area contributed by atoms with Gasteiger partial charge in [-0.25, -0.2) is 0 Å². The summed E-state index contributed by atoms with van der Waals surface area (Å²) >= 11 is 0. The summed E-state index contributed by atoms with van der Waals surface area (Å²) in [7, 11) is 4.58. The van der Waals surface area contributed by atoms with Crippen LogP contribution in [0.2, 0.25) is 0 Å². The Balaban J connectivity index is 1.78. The highest BCUT2D eigenvalue weighted by molar-refractivity contribution is 5.94. The molecule has 1 aromatic heterocycles. The fourth-order valence-electron chi connectivity index (χ4n) is 4.56. The van der Waals surface area contributed by atoms with Crippen molar-refractivity contribution in [2.75, 3.05) is 21.3 Å². The Morgan fingerprint density at radius 2 is 1.69 bits per heavy atom. The minimum Gasteiger partial charge on any atom is -0.507 e. The van der Waals surface area contributed by atoms with Crippen molar-refractivity contribution in [2.45, 2.75) is 12.3 Å². The topological polar surface area (TPSA) is 104 Å². The molecule has 0 unspecified atom stereocenters. The minimum atomic E-state index is -0.546. The fraction of sp³-hybridized carbons (Fsp3) is 0.185. The summed E-state index contributed by atoms with van der Waals surface area (Å²) in [5.41, 5.74) is 1.63. The Labute approximate surface area is 200 Å². The number of fused-ring (bicyclic) bond motifs is 3. The average molecular weight is 474 g/mol. The lowest BCUT2D eigenvalue weighted by Gasteiger charge is -2.27. The standard InChI is InChI=1S/C27H22O8/c1-31-14-8-9-16(21(10-14)33-3)17-11-23(29)35-22-12-19(28)25-26(30)18(13-34-27(25)24(17)22)15-6-4-5-7-20(15)32-2/h4-10,12-13,17,28H,11H2,1-3H3/t17-/m0/s1. The van der Waals surface area contributed by atoms with E-state index in [0.717, 1.165) is 0 Å². The van der Waals surface area contributed by atoms with Crippen molar-refractivity contribution < 1.29 is 33.3 Å². The Bertz CT molecular complexity index is 1520. The fourth-order valence-corrected chi connectivity index (χ4v) is 4.56. The summed E-state index contributed by atoms with van der Waals surface area (Å²) in [5.74, 6) is 0.340. The van der Waals surface area contributed by atoms with E-state index in [0.29, 0.717) is 33.9 Å². The molecular formula is C27H22O8. The third-order valence-electron chi connectivity index (χ3n) is 6.18. The maximum Gasteiger partial charge on any atom is 0.312 e. The van der Waals surface area contributed by atoms with Crippen LogP contribution >= 0.6 is 0 Å². The number of carbonyl (C=O) groups is 1. The molecule has 0 aliphatic carbocycles. The van der Waals surface area contributed by atoms with E-state index >= 15 is 0 Å². The maximum absolute atomic E-state index is 13.6. The van der Waals surface area contributed by atoms with E-state index in [1.807, 2.05) is 0 Å². The van der Waals surface area contributed by atoms with E-state index in [2.05, 4.69) is 0 Å². The molecular weight excluding hydrogens is 452 g/mol. The van der Waals surface area contributed by atoms with Crippen LogP contribution in [0.5, 0.6) is 28.7 Å². The van der Waals surface area contributed by atoms with Gasteiger partial charge in [0, 0.05) is 34.7 Å². The second kappa shape index (κ2) is 8.72. The van der Waals surface area contributed by atoms with Gasteiger partial charge >= 0.3 is 5.97 Å². The van der Waals surface area contributed by atoms with Crippen LogP contribution < -0.4 is 24.4 Å². The molecule has 0 saturated carbocycles. The van der Waals surface area contributed by atoms with Gasteiger partial charge in [0.25, 0.3) is 0 Å². The van der Waals surface area contributed by atoms with Crippen molar-refractivity contribution >= 4 is 16.9 Å². The molecule has 0 spiro atoms. The minimum absolute atomic E-state index is 0.00641. The first-order chi connectivity index (χ1) is 17.0. The molecule has 2 heterocycles. The number of hydrogen-bond acceptors (Lipinski definition) is 8. The molecule has 1 aliphatic heterocycles. The summed E-state index contributed by atoms with van der Waals surface area (Å²) in [5, 5.41) is 10.8. The quantitative estimate of drug-likeness (QED) is 0.330. The van der Waals surface area contributed by atoms with E-state index < -0.39 is 17.3 Å². The highest BCUT2D eigenvalue weighted by atomic mass is 16.5. The zero-order valence-corrected chi connectivity index (χ0v) is 19.3. The van der Waals surface area contributed by atoms with Crippen molar-refractivity contribution in [3.8, 4) is 39.9 Å². The summed E-state index contributed by atoms with van der Waals surface area (Å²) in [6, 6.07) is 13.6. The number of phenolic OH excluding ortho intramolecular Hbond substituents is 1. The number of rotatable bonds is 5. The molecule has 0 saturated heterocycles. The number of benzene rings is 3. The molecule has 35 heavy (non-hydrogen) atoms. The van der Waals surface area contributed by atoms with Gasteiger partial charge in [0.2, 0.25) is 5.43 Å². The lowest BCUT2D eigenvalue weighted by Crippen LogP contribution is -2.22. The number of phenols is 1. The van der Waals surface area contributed by atoms with Crippen LogP contribution in [0.1, 0.15) is 23.5 Å². The molecule has 0 radical (unpaired) electrons. The van der Waals surface area contributed by atoms with Crippen LogP contribution in [-0.2, 0) is 4.79 Å². The van der Waals surface area contributed by atoms with Crippen LogP contribution in [0.25, 0.3) is 22.1 Å². The van der Waals surface area contributed by atoms with Crippen molar-refractivity contribution in [3.63, 3.8) is 0 Å². The van der Waals surface area contributed by atoms with E-state index in [1.165, 1.54) is 26.5 Å². The zero-order valence-electron chi connectivity index (χ0n) is 19.3. The number of esters is 1. The summed E-state index contributed by atoms with van der Waals surface area (Å²) in [4.78, 5) is 26.1. The van der Waals surface area contributed by atoms with E-state index in [9.17, 15) is 14.7 Å². The first-order valence-corrected chi connectivity index (χ1v) is 10.8. The molecule has 178 valence electrons. The van der Waals surface area contributed by atoms with Crippen molar-refractivity contribution in [3.05, 3.63) is 76.1 Å². The first kappa shape index (κ1) is 22.3. The predicted octanol–water partition coefficient (Wildman–Crippen LogP) is 4.63. The Hall–Kier alpha value is -4.46. The number of carbonyl (C=O) groups excluding carboxylic acids is 1. The van der Waals surface area contributed by atoms with Gasteiger partial charge < -0.3 is 28.5 Å². The van der Waals surface area contributed by atoms with E-state index in [4.69, 9.17) is 23.4 Å². The molecule has 8 heteroatoms. The van der Waals surface area contributed by atoms with Gasteiger partial charge in [-0.2, -0.15) is 0 Å². The lowest BCUT2D eigenvalue weighted by molar-refractivity contribution is -0.135. The molecule has 4 aromatic rings. The monoisotopic (exact) mass is 474 g/mol. The van der Waals surface area contributed by atoms with Crippen LogP contribution in [0.3, 0.4) is 0 Å². The molecule has 0 fully saturated rings. The second-order valence-electron chi connectivity index (χ2n) is 8.03. The summed E-state index contributed by atoms with van der Waals surface area (Å²) in [6.45, 7) is 0. The van der Waals surface area contributed by atoms with Crippen molar-refractivity contribution in [2.24, 2.45) is 0 Å². The maximum atomic E-state index is 13.6. The molecule has 1 aliphatic rings. The number of ether oxygens (including phenoxy) is 4. The normalized spacial score (nSPS) is 14.8. The van der Waals surface area contributed by atoms with Crippen LogP contribution in [0, 0.1) is 0 Å². The highest BCUT2D eigenvalue weighted by Crippen LogP contribution is 2.48. The van der Waals surface area contributed by atoms with Crippen LogP contribution in [0.15, 0.2) is 64.0 Å². The van der Waals surface area contributed by atoms with Gasteiger partial charge in [-0.15, -0.1) is 0 Å². The van der Waals surface area contributed by atoms with Gasteiger partial charge in [-0.1, -0.05) is 24.3 Å². The molecule has 8 nitrogen and oxygen atoms in total. The molecule has 0 amide bonds. The Morgan fingerprint density at radius 1 is 0.914 bits per heavy atom. The number of hydrogen-bond donors (Lipinski definition) is 1. The number of para-hydroxylation sites is 1. The van der Waals surface area contributed by atoms with E-state index in [-0.39, 0.29) is 34.5 Å². The van der Waals surface area contributed by atoms with Crippen LogP contribution in [0.4, 0.5) is 0 Å². The summed E-state index contributed by atoms with van der Waals surface area (Å²) in [6.07, 6.45) is 1.33. The van der Waals surface area contributed by atoms with Gasteiger partial charge in [-0.05, 0) is 12.1 Å². The van der Waals surface area contributed by atoms with Gasteiger partial charge in [0.1, 0.15) is 46.0 Å². The zero-order chi connectivity index (χ0) is 24.7. The number of methoxy groups -OCH3 is 3. The molecule has 5 rings (SSSR count). The molecule has 3 aromatic carbocycles. The van der Waals surface area contributed by atoms with Gasteiger partial charge in [0.15, 0.2) is 0 Å². The number of aromatic hydroxyl groups is 1. The molecule has 1 atom stereocenters. The third-order valence-corrected chi connectivity index (χ3v) is 6.18. The lowest BCUT2D eigenvalue weighted by atomic mass is 9.84. The Morgan fingerprint density at radius 3 is 2.43 bits per heavy atom. The summed E-state index contributed by atoms with van der Waals surface area (Å²) < 4.78 is 27.7. The Kier molecular flexibility index (Phi) is 5.56. The van der Waals surface area contributed by atoms with Crippen molar-refractivity contribution in [1.82, 2.24) is 0 Å². The van der Waals surface area contributed by atoms with Crippen molar-refractivity contribution in [1.29, 1.82) is 0 Å². The third kappa shape index (κ3) is 3.63. The molecule has 1 N–H and O–H groups in total. The van der Waals surface area contributed by atoms with Gasteiger partial charge in [0.05, 0.1) is 33.3 Å². The van der Waals surface area contributed by atoms with Gasteiger partial charge in [-0.3, -0.25) is 9.59 Å². The second-order valence-corrected chi connectivity index (χ2v) is 8.03. The van der Waals surface area contributed by atoms with E-state index in [1.54, 1.807) is 49.6 Å². The predicted molar refractivity (Wildman–Crippen MR) is 128 cm³/mol. The molecule has 0 bridgehead atoms.